The van der Waals surface area contributed by atoms with E-state index < -0.39 is 0 Å². The monoisotopic (exact) mass is 528 g/mol. The van der Waals surface area contributed by atoms with Crippen LogP contribution in [-0.4, -0.2) is 67.8 Å². The molecule has 0 saturated carbocycles. The van der Waals surface area contributed by atoms with Crippen molar-refractivity contribution in [3.8, 4) is 11.5 Å². The second kappa shape index (κ2) is 11.8. The van der Waals surface area contributed by atoms with Crippen molar-refractivity contribution in [2.24, 2.45) is 0 Å². The number of halogens is 2. The minimum atomic E-state index is -0.0843. The van der Waals surface area contributed by atoms with Crippen molar-refractivity contribution in [2.75, 3.05) is 55.7 Å². The van der Waals surface area contributed by atoms with Crippen LogP contribution in [0.2, 0.25) is 5.02 Å². The lowest BCUT2D eigenvalue weighted by atomic mass is 10.1. The second-order valence-corrected chi connectivity index (χ2v) is 9.22. The van der Waals surface area contributed by atoms with Gasteiger partial charge in [0.1, 0.15) is 19.0 Å². The summed E-state index contributed by atoms with van der Waals surface area (Å²) in [6, 6.07) is 18.9. The number of nitrogens with zero attached hydrogens (tertiary/aromatic N) is 4. The van der Waals surface area contributed by atoms with Gasteiger partial charge in [-0.25, -0.2) is 4.98 Å². The van der Waals surface area contributed by atoms with Crippen molar-refractivity contribution in [2.45, 2.75) is 13.0 Å². The molecule has 9 heteroatoms. The van der Waals surface area contributed by atoms with Crippen molar-refractivity contribution in [1.29, 1.82) is 0 Å². The Bertz CT molecular complexity index is 1160. The number of fused-ring (bicyclic) bond motifs is 1. The van der Waals surface area contributed by atoms with Gasteiger partial charge in [-0.15, -0.1) is 12.4 Å². The Kier molecular flexibility index (Phi) is 8.56. The zero-order chi connectivity index (χ0) is 24.2. The van der Waals surface area contributed by atoms with E-state index in [4.69, 9.17) is 21.1 Å². The predicted octanol–water partition coefficient (Wildman–Crippen LogP) is 4.79. The van der Waals surface area contributed by atoms with Gasteiger partial charge in [-0.2, -0.15) is 0 Å². The van der Waals surface area contributed by atoms with Crippen LogP contribution in [-0.2, 0) is 0 Å². The maximum atomic E-state index is 13.4. The van der Waals surface area contributed by atoms with Crippen molar-refractivity contribution < 1.29 is 14.3 Å². The molecule has 0 spiro atoms. The summed E-state index contributed by atoms with van der Waals surface area (Å²) in [5.74, 6) is 2.22. The fraction of sp³-hybridized carbons (Fsp3) is 0.333. The number of benzene rings is 2. The van der Waals surface area contributed by atoms with Gasteiger partial charge in [0.05, 0.1) is 5.69 Å². The lowest BCUT2D eigenvalue weighted by Crippen LogP contribution is -2.53. The molecule has 1 atom stereocenters. The van der Waals surface area contributed by atoms with Crippen LogP contribution in [0, 0.1) is 0 Å². The van der Waals surface area contributed by atoms with E-state index in [9.17, 15) is 4.79 Å². The maximum absolute atomic E-state index is 13.4. The summed E-state index contributed by atoms with van der Waals surface area (Å²) in [5, 5.41) is 0.605. The van der Waals surface area contributed by atoms with E-state index >= 15 is 0 Å². The van der Waals surface area contributed by atoms with E-state index in [0.29, 0.717) is 36.2 Å². The first-order valence-corrected chi connectivity index (χ1v) is 12.3. The van der Waals surface area contributed by atoms with E-state index in [-0.39, 0.29) is 24.4 Å². The topological polar surface area (TPSA) is 58.1 Å². The number of aromatic nitrogens is 1. The van der Waals surface area contributed by atoms with Gasteiger partial charge in [-0.1, -0.05) is 23.7 Å². The summed E-state index contributed by atoms with van der Waals surface area (Å²) in [5.41, 5.74) is 1.68. The van der Waals surface area contributed by atoms with Crippen LogP contribution in [0.1, 0.15) is 17.3 Å². The molecule has 1 fully saturated rings. The summed E-state index contributed by atoms with van der Waals surface area (Å²) < 4.78 is 11.7. The first-order chi connectivity index (χ1) is 17.1. The van der Waals surface area contributed by atoms with Crippen LogP contribution in [0.15, 0.2) is 66.9 Å². The van der Waals surface area contributed by atoms with Crippen molar-refractivity contribution in [3.05, 3.63) is 77.4 Å². The molecular formula is C27H30Cl2N4O3. The molecule has 0 N–H and O–H groups in total. The summed E-state index contributed by atoms with van der Waals surface area (Å²) in [7, 11) is 0. The molecule has 3 aromatic rings. The third kappa shape index (κ3) is 5.69. The van der Waals surface area contributed by atoms with Crippen LogP contribution < -0.4 is 19.3 Å². The molecule has 1 saturated heterocycles. The van der Waals surface area contributed by atoms with Gasteiger partial charge < -0.3 is 14.4 Å². The number of hydrogen-bond acceptors (Lipinski definition) is 6. The number of hydrogen-bond donors (Lipinski definition) is 0. The molecule has 7 nitrogen and oxygen atoms in total. The molecule has 0 aliphatic carbocycles. The first-order valence-electron chi connectivity index (χ1n) is 12.0. The Balaban J connectivity index is 0.00000304. The number of anilines is 2. The normalized spacial score (nSPS) is 16.1. The van der Waals surface area contributed by atoms with Crippen LogP contribution in [0.3, 0.4) is 0 Å². The molecule has 0 unspecified atom stereocenters. The molecule has 5 rings (SSSR count). The number of pyridine rings is 1. The number of para-hydroxylation sites is 1. The third-order valence-corrected chi connectivity index (χ3v) is 6.78. The van der Waals surface area contributed by atoms with Crippen LogP contribution in [0.5, 0.6) is 11.5 Å². The summed E-state index contributed by atoms with van der Waals surface area (Å²) in [4.78, 5) is 24.4. The van der Waals surface area contributed by atoms with Crippen LogP contribution >= 0.6 is 24.0 Å². The first kappa shape index (κ1) is 26.1. The minimum absolute atomic E-state index is 0. The molecular weight excluding hydrogens is 499 g/mol. The average molecular weight is 529 g/mol. The molecule has 0 bridgehead atoms. The Morgan fingerprint density at radius 3 is 2.47 bits per heavy atom. The van der Waals surface area contributed by atoms with Crippen molar-refractivity contribution >= 4 is 41.4 Å². The highest BCUT2D eigenvalue weighted by Gasteiger charge is 2.28. The fourth-order valence-electron chi connectivity index (χ4n) is 4.63. The fourth-order valence-corrected chi connectivity index (χ4v) is 4.76. The quantitative estimate of drug-likeness (QED) is 0.458. The molecule has 0 radical (unpaired) electrons. The highest BCUT2D eigenvalue weighted by Crippen LogP contribution is 2.39. The van der Waals surface area contributed by atoms with E-state index in [0.717, 1.165) is 43.4 Å². The summed E-state index contributed by atoms with van der Waals surface area (Å²) >= 11 is 6.03. The molecule has 2 aliphatic rings. The standard InChI is InChI=1S/C27H29ClN4O3.ClH/c1-20(19-32(25-7-2-3-12-29-25)27(33)21-8-10-22(28)11-9-21)30-13-15-31(16-14-30)23-5-4-6-24-26(23)35-18-17-34-24;/h2-12,20H,13-19H2,1H3;1H/t20-;/m1./s1. The highest BCUT2D eigenvalue weighted by atomic mass is 35.5. The number of rotatable bonds is 6. The second-order valence-electron chi connectivity index (χ2n) is 8.78. The summed E-state index contributed by atoms with van der Waals surface area (Å²) in [6.45, 7) is 7.39. The number of ether oxygens (including phenoxy) is 2. The average Bonchev–Trinajstić information content (AvgIpc) is 2.92. The van der Waals surface area contributed by atoms with Gasteiger partial charge >= 0.3 is 0 Å². The minimum Gasteiger partial charge on any atom is -0.486 e. The van der Waals surface area contributed by atoms with E-state index in [1.54, 1.807) is 35.4 Å². The predicted molar refractivity (Wildman–Crippen MR) is 145 cm³/mol. The van der Waals surface area contributed by atoms with Gasteiger partial charge in [0.25, 0.3) is 5.91 Å². The van der Waals surface area contributed by atoms with Gasteiger partial charge in [0.2, 0.25) is 0 Å². The maximum Gasteiger partial charge on any atom is 0.259 e. The van der Waals surface area contributed by atoms with E-state index in [2.05, 4.69) is 27.8 Å². The Morgan fingerprint density at radius 2 is 1.75 bits per heavy atom. The van der Waals surface area contributed by atoms with E-state index in [1.807, 2.05) is 30.3 Å². The number of carbonyl (C=O) groups is 1. The molecule has 3 heterocycles. The smallest absolute Gasteiger partial charge is 0.259 e. The molecule has 1 amide bonds. The number of piperazine rings is 1. The molecule has 190 valence electrons. The zero-order valence-electron chi connectivity index (χ0n) is 20.2. The van der Waals surface area contributed by atoms with Gasteiger partial charge in [0.15, 0.2) is 11.5 Å². The molecule has 2 aromatic carbocycles. The third-order valence-electron chi connectivity index (χ3n) is 6.53. The largest absolute Gasteiger partial charge is 0.486 e. The summed E-state index contributed by atoms with van der Waals surface area (Å²) in [6.07, 6.45) is 1.72. The number of amides is 1. The highest BCUT2D eigenvalue weighted by molar-refractivity contribution is 6.30. The zero-order valence-corrected chi connectivity index (χ0v) is 21.8. The Labute approximate surface area is 223 Å². The molecule has 36 heavy (non-hydrogen) atoms. The number of carbonyl (C=O) groups excluding carboxylic acids is 1. The Hall–Kier alpha value is -3.00. The molecule has 1 aromatic heterocycles. The lowest BCUT2D eigenvalue weighted by Gasteiger charge is -2.41. The molecule has 2 aliphatic heterocycles. The van der Waals surface area contributed by atoms with Crippen molar-refractivity contribution in [3.63, 3.8) is 0 Å². The van der Waals surface area contributed by atoms with Crippen LogP contribution in [0.4, 0.5) is 11.5 Å². The van der Waals surface area contributed by atoms with E-state index in [1.165, 1.54) is 0 Å². The van der Waals surface area contributed by atoms with Gasteiger partial charge in [-0.3, -0.25) is 14.6 Å². The Morgan fingerprint density at radius 1 is 1.00 bits per heavy atom. The van der Waals surface area contributed by atoms with Gasteiger partial charge in [-0.05, 0) is 55.5 Å². The van der Waals surface area contributed by atoms with Crippen LogP contribution in [0.25, 0.3) is 0 Å². The lowest BCUT2D eigenvalue weighted by molar-refractivity contribution is 0.0973. The van der Waals surface area contributed by atoms with Gasteiger partial charge in [0, 0.05) is 55.5 Å². The SMILES string of the molecule is C[C@H](CN(C(=O)c1ccc(Cl)cc1)c1ccccn1)N1CCN(c2cccc3c2OCCO3)CC1.Cl. The van der Waals surface area contributed by atoms with Crippen molar-refractivity contribution in [1.82, 2.24) is 9.88 Å².